The van der Waals surface area contributed by atoms with Crippen LogP contribution < -0.4 is 0 Å². The Kier molecular flexibility index (Phi) is 5.37. The Morgan fingerprint density at radius 2 is 2.11 bits per heavy atom. The van der Waals surface area contributed by atoms with Crippen LogP contribution >= 0.6 is 0 Å². The highest BCUT2D eigenvalue weighted by Crippen LogP contribution is 2.24. The van der Waals surface area contributed by atoms with E-state index in [1.165, 1.54) is 0 Å². The lowest BCUT2D eigenvalue weighted by Gasteiger charge is -2.38. The van der Waals surface area contributed by atoms with Gasteiger partial charge >= 0.3 is 0 Å². The lowest BCUT2D eigenvalue weighted by atomic mass is 9.99. The van der Waals surface area contributed by atoms with Gasteiger partial charge in [0.25, 0.3) is 0 Å². The highest BCUT2D eigenvalue weighted by molar-refractivity contribution is 5.18. The van der Waals surface area contributed by atoms with Crippen molar-refractivity contribution >= 4 is 0 Å². The Hall–Kier alpha value is -0.900. The van der Waals surface area contributed by atoms with E-state index < -0.39 is 6.10 Å². The summed E-state index contributed by atoms with van der Waals surface area (Å²) in [5, 5.41) is 10.5. The topological polar surface area (TPSA) is 32.7 Å². The predicted octanol–water partition coefficient (Wildman–Crippen LogP) is 2.61. The number of hydrogen-bond donors (Lipinski definition) is 1. The summed E-state index contributed by atoms with van der Waals surface area (Å²) in [5.41, 5.74) is 0.994. The Morgan fingerprint density at radius 1 is 1.37 bits per heavy atom. The molecule has 19 heavy (non-hydrogen) atoms. The number of ether oxygens (including phenoxy) is 1. The average Bonchev–Trinajstić information content (AvgIpc) is 2.47. The minimum absolute atomic E-state index is 0.130. The lowest BCUT2D eigenvalue weighted by molar-refractivity contribution is -0.0288. The molecule has 0 saturated carbocycles. The molecule has 1 aromatic rings. The number of aliphatic hydroxyl groups excluding tert-OH is 1. The van der Waals surface area contributed by atoms with E-state index in [0.29, 0.717) is 6.10 Å². The van der Waals surface area contributed by atoms with Gasteiger partial charge in [-0.1, -0.05) is 30.3 Å². The van der Waals surface area contributed by atoms with E-state index in [1.807, 2.05) is 37.3 Å². The lowest BCUT2D eigenvalue weighted by Crippen LogP contribution is -2.46. The molecule has 0 aromatic heterocycles. The monoisotopic (exact) mass is 263 g/mol. The second-order valence-electron chi connectivity index (χ2n) is 5.31. The van der Waals surface area contributed by atoms with E-state index in [0.717, 1.165) is 38.1 Å². The van der Waals surface area contributed by atoms with Crippen LogP contribution in [0.1, 0.15) is 38.4 Å². The first-order valence-electron chi connectivity index (χ1n) is 7.31. The van der Waals surface area contributed by atoms with Gasteiger partial charge in [-0.2, -0.15) is 0 Å². The quantitative estimate of drug-likeness (QED) is 0.886. The third-order valence-electron chi connectivity index (χ3n) is 3.99. The molecule has 106 valence electrons. The smallest absolute Gasteiger partial charge is 0.0942 e. The van der Waals surface area contributed by atoms with E-state index in [9.17, 15) is 5.11 Å². The predicted molar refractivity (Wildman–Crippen MR) is 77.1 cm³/mol. The van der Waals surface area contributed by atoms with Crippen molar-refractivity contribution in [3.63, 3.8) is 0 Å². The molecule has 1 aliphatic rings. The van der Waals surface area contributed by atoms with Crippen molar-refractivity contribution in [1.29, 1.82) is 0 Å². The fraction of sp³-hybridized carbons (Fsp3) is 0.625. The number of rotatable bonds is 5. The molecule has 3 atom stereocenters. The van der Waals surface area contributed by atoms with E-state index in [1.54, 1.807) is 0 Å². The maximum Gasteiger partial charge on any atom is 0.0942 e. The summed E-state index contributed by atoms with van der Waals surface area (Å²) in [4.78, 5) is 2.35. The number of piperidine rings is 1. The number of benzene rings is 1. The van der Waals surface area contributed by atoms with Gasteiger partial charge in [-0.15, -0.1) is 0 Å². The van der Waals surface area contributed by atoms with Gasteiger partial charge < -0.3 is 9.84 Å². The molecule has 2 rings (SSSR count). The van der Waals surface area contributed by atoms with Crippen LogP contribution in [0.3, 0.4) is 0 Å². The van der Waals surface area contributed by atoms with Crippen molar-refractivity contribution in [2.75, 3.05) is 19.7 Å². The number of likely N-dealkylation sites (tertiary alicyclic amines) is 1. The first-order valence-corrected chi connectivity index (χ1v) is 7.31. The number of nitrogens with zero attached hydrogens (tertiary/aromatic N) is 1. The van der Waals surface area contributed by atoms with Gasteiger partial charge in [-0.25, -0.2) is 0 Å². The molecule has 0 amide bonds. The summed E-state index contributed by atoms with van der Waals surface area (Å²) in [6.45, 7) is 6.90. The van der Waals surface area contributed by atoms with Crippen molar-refractivity contribution in [3.8, 4) is 0 Å². The van der Waals surface area contributed by atoms with Gasteiger partial charge in [0, 0.05) is 19.2 Å². The van der Waals surface area contributed by atoms with Gasteiger partial charge in [0.1, 0.15) is 0 Å². The third-order valence-corrected chi connectivity index (χ3v) is 3.99. The summed E-state index contributed by atoms with van der Waals surface area (Å²) in [5.74, 6) is 0. The molecule has 1 saturated heterocycles. The summed E-state index contributed by atoms with van der Waals surface area (Å²) >= 11 is 0. The maximum absolute atomic E-state index is 10.5. The van der Waals surface area contributed by atoms with Crippen LogP contribution in [0.25, 0.3) is 0 Å². The SMILES string of the molecule is CCOC1CCCN(C(C)C(O)c2ccccc2)C1. The fourth-order valence-corrected chi connectivity index (χ4v) is 2.84. The molecule has 0 radical (unpaired) electrons. The van der Waals surface area contributed by atoms with Crippen LogP contribution in [-0.2, 0) is 4.74 Å². The van der Waals surface area contributed by atoms with Crippen molar-refractivity contribution in [2.45, 2.75) is 44.9 Å². The minimum Gasteiger partial charge on any atom is -0.387 e. The molecule has 0 bridgehead atoms. The summed E-state index contributed by atoms with van der Waals surface area (Å²) < 4.78 is 5.73. The largest absolute Gasteiger partial charge is 0.387 e. The molecule has 1 fully saturated rings. The van der Waals surface area contributed by atoms with E-state index in [4.69, 9.17) is 4.74 Å². The molecule has 1 aliphatic heterocycles. The Bertz CT molecular complexity index is 366. The summed E-state index contributed by atoms with van der Waals surface area (Å²) in [6, 6.07) is 10.0. The molecular weight excluding hydrogens is 238 g/mol. The van der Waals surface area contributed by atoms with Crippen LogP contribution in [-0.4, -0.2) is 41.8 Å². The molecule has 1 N–H and O–H groups in total. The summed E-state index contributed by atoms with van der Waals surface area (Å²) in [6.07, 6.45) is 2.18. The molecular formula is C16H25NO2. The third kappa shape index (κ3) is 3.78. The van der Waals surface area contributed by atoms with Crippen molar-refractivity contribution in [3.05, 3.63) is 35.9 Å². The maximum atomic E-state index is 10.5. The first-order chi connectivity index (χ1) is 9.22. The van der Waals surface area contributed by atoms with Crippen LogP contribution in [0, 0.1) is 0 Å². The Balaban J connectivity index is 1.96. The normalized spacial score (nSPS) is 24.1. The molecule has 1 heterocycles. The van der Waals surface area contributed by atoms with E-state index >= 15 is 0 Å². The Morgan fingerprint density at radius 3 is 2.79 bits per heavy atom. The van der Waals surface area contributed by atoms with Crippen LogP contribution in [0.15, 0.2) is 30.3 Å². The zero-order valence-electron chi connectivity index (χ0n) is 12.0. The molecule has 3 unspecified atom stereocenters. The first kappa shape index (κ1) is 14.5. The number of hydrogen-bond acceptors (Lipinski definition) is 3. The Labute approximate surface area is 116 Å². The summed E-state index contributed by atoms with van der Waals surface area (Å²) in [7, 11) is 0. The average molecular weight is 263 g/mol. The molecule has 3 nitrogen and oxygen atoms in total. The second kappa shape index (κ2) is 7.04. The van der Waals surface area contributed by atoms with Crippen LogP contribution in [0.4, 0.5) is 0 Å². The molecule has 1 aromatic carbocycles. The fourth-order valence-electron chi connectivity index (χ4n) is 2.84. The van der Waals surface area contributed by atoms with Crippen molar-refractivity contribution in [1.82, 2.24) is 4.90 Å². The van der Waals surface area contributed by atoms with Gasteiger partial charge in [0.15, 0.2) is 0 Å². The van der Waals surface area contributed by atoms with Crippen molar-refractivity contribution in [2.24, 2.45) is 0 Å². The minimum atomic E-state index is -0.429. The molecule has 0 spiro atoms. The highest BCUT2D eigenvalue weighted by Gasteiger charge is 2.28. The highest BCUT2D eigenvalue weighted by atomic mass is 16.5. The van der Waals surface area contributed by atoms with Gasteiger partial charge in [-0.3, -0.25) is 4.90 Å². The van der Waals surface area contributed by atoms with Crippen molar-refractivity contribution < 1.29 is 9.84 Å². The zero-order chi connectivity index (χ0) is 13.7. The molecule has 3 heteroatoms. The van der Waals surface area contributed by atoms with Crippen LogP contribution in [0.5, 0.6) is 0 Å². The number of aliphatic hydroxyl groups is 1. The zero-order valence-corrected chi connectivity index (χ0v) is 12.0. The van der Waals surface area contributed by atoms with Gasteiger partial charge in [0.2, 0.25) is 0 Å². The molecule has 0 aliphatic carbocycles. The van der Waals surface area contributed by atoms with Gasteiger partial charge in [-0.05, 0) is 38.8 Å². The van der Waals surface area contributed by atoms with E-state index in [2.05, 4.69) is 11.8 Å². The van der Waals surface area contributed by atoms with E-state index in [-0.39, 0.29) is 6.04 Å². The second-order valence-corrected chi connectivity index (χ2v) is 5.31. The van der Waals surface area contributed by atoms with Crippen LogP contribution in [0.2, 0.25) is 0 Å². The van der Waals surface area contributed by atoms with Gasteiger partial charge in [0.05, 0.1) is 12.2 Å². The standard InChI is InChI=1S/C16H25NO2/c1-3-19-15-10-7-11-17(12-15)13(2)16(18)14-8-5-4-6-9-14/h4-6,8-9,13,15-16,18H,3,7,10-12H2,1-2H3.